The average Bonchev–Trinajstić information content (AvgIpc) is 2.22. The highest BCUT2D eigenvalue weighted by Crippen LogP contribution is 2.24. The molecule has 1 aliphatic carbocycles. The van der Waals surface area contributed by atoms with E-state index in [0.29, 0.717) is 11.5 Å². The normalized spacial score (nSPS) is 15.8. The van der Waals surface area contributed by atoms with Crippen LogP contribution in [0.25, 0.3) is 0 Å². The predicted octanol–water partition coefficient (Wildman–Crippen LogP) is 3.83. The van der Waals surface area contributed by atoms with Gasteiger partial charge in [0.2, 0.25) is 0 Å². The molecule has 2 rings (SSSR count). The lowest BCUT2D eigenvalue weighted by Crippen LogP contribution is -2.25. The molecule has 92 valence electrons. The number of aryl methyl sites for hydroxylation is 1. The van der Waals surface area contributed by atoms with Gasteiger partial charge in [-0.3, -0.25) is 0 Å². The summed E-state index contributed by atoms with van der Waals surface area (Å²) < 4.78 is 5.39. The maximum atomic E-state index is 11.9. The minimum absolute atomic E-state index is 0.160. The van der Waals surface area contributed by atoms with Crippen LogP contribution >= 0.6 is 0 Å². The molecule has 0 atom stereocenters. The second kappa shape index (κ2) is 4.91. The summed E-state index contributed by atoms with van der Waals surface area (Å²) in [7, 11) is 0. The van der Waals surface area contributed by atoms with Gasteiger partial charge in [0.15, 0.2) is 0 Å². The zero-order valence-electron chi connectivity index (χ0n) is 10.8. The van der Waals surface area contributed by atoms with Crippen molar-refractivity contribution in [1.82, 2.24) is 0 Å². The number of rotatable bonds is 3. The fraction of sp³-hybridized carbons (Fsp3) is 0.533. The van der Waals surface area contributed by atoms with Crippen LogP contribution in [0.2, 0.25) is 0 Å². The van der Waals surface area contributed by atoms with E-state index in [4.69, 9.17) is 4.74 Å². The van der Waals surface area contributed by atoms with Crippen molar-refractivity contribution >= 4 is 5.97 Å². The minimum Gasteiger partial charge on any atom is -0.459 e. The molecule has 17 heavy (non-hydrogen) atoms. The molecule has 0 unspecified atom stereocenters. The van der Waals surface area contributed by atoms with Crippen LogP contribution in [0.15, 0.2) is 18.2 Å². The Morgan fingerprint density at radius 3 is 2.53 bits per heavy atom. The summed E-state index contributed by atoms with van der Waals surface area (Å²) in [5.74, 6) is 0.319. The lowest BCUT2D eigenvalue weighted by Gasteiger charge is -2.25. The maximum absolute atomic E-state index is 11.9. The molecule has 0 spiro atoms. The number of ether oxygens (including phenoxy) is 1. The third-order valence-corrected chi connectivity index (χ3v) is 3.45. The molecule has 1 aromatic carbocycles. The molecule has 0 aliphatic heterocycles. The van der Waals surface area contributed by atoms with Crippen LogP contribution in [0.5, 0.6) is 0 Å². The van der Waals surface area contributed by atoms with Gasteiger partial charge in [0.25, 0.3) is 0 Å². The first kappa shape index (κ1) is 12.2. The summed E-state index contributed by atoms with van der Waals surface area (Å²) >= 11 is 0. The van der Waals surface area contributed by atoms with Gasteiger partial charge in [-0.2, -0.15) is 0 Å². The molecule has 2 heteroatoms. The Morgan fingerprint density at radius 2 is 2.06 bits per heavy atom. The SMILES string of the molecule is Cc1cc(C(=O)OC2CCC2)ccc1C(C)C. The average molecular weight is 232 g/mol. The second-order valence-corrected chi connectivity index (χ2v) is 5.18. The lowest BCUT2D eigenvalue weighted by molar-refractivity contribution is 0.00900. The maximum Gasteiger partial charge on any atom is 0.338 e. The Hall–Kier alpha value is -1.31. The van der Waals surface area contributed by atoms with Crippen molar-refractivity contribution in [3.05, 3.63) is 34.9 Å². The third kappa shape index (κ3) is 2.68. The number of esters is 1. The van der Waals surface area contributed by atoms with Gasteiger partial charge in [-0.05, 0) is 55.4 Å². The number of benzene rings is 1. The first-order valence-electron chi connectivity index (χ1n) is 6.39. The van der Waals surface area contributed by atoms with Crippen molar-refractivity contribution in [1.29, 1.82) is 0 Å². The standard InChI is InChI=1S/C15H20O2/c1-10(2)14-8-7-12(9-11(14)3)15(16)17-13-5-4-6-13/h7-10,13H,4-6H2,1-3H3. The van der Waals surface area contributed by atoms with Crippen molar-refractivity contribution < 1.29 is 9.53 Å². The van der Waals surface area contributed by atoms with Gasteiger partial charge >= 0.3 is 5.97 Å². The predicted molar refractivity (Wildman–Crippen MR) is 68.3 cm³/mol. The van der Waals surface area contributed by atoms with Crippen LogP contribution in [0.4, 0.5) is 0 Å². The van der Waals surface area contributed by atoms with E-state index in [1.165, 1.54) is 17.5 Å². The van der Waals surface area contributed by atoms with Gasteiger partial charge in [0.1, 0.15) is 6.10 Å². The molecule has 0 saturated heterocycles. The molecule has 0 N–H and O–H groups in total. The third-order valence-electron chi connectivity index (χ3n) is 3.45. The Labute approximate surface area is 103 Å². The van der Waals surface area contributed by atoms with E-state index in [-0.39, 0.29) is 12.1 Å². The Kier molecular flexibility index (Phi) is 3.51. The molecule has 1 aliphatic rings. The number of carbonyl (C=O) groups excluding carboxylic acids is 1. The molecule has 1 aromatic rings. The van der Waals surface area contributed by atoms with Gasteiger partial charge in [-0.15, -0.1) is 0 Å². The van der Waals surface area contributed by atoms with Crippen LogP contribution in [-0.4, -0.2) is 12.1 Å². The van der Waals surface area contributed by atoms with E-state index in [1.807, 2.05) is 18.2 Å². The Bertz CT molecular complexity index is 417. The lowest BCUT2D eigenvalue weighted by atomic mass is 9.95. The number of hydrogen-bond donors (Lipinski definition) is 0. The molecule has 0 heterocycles. The molecule has 1 saturated carbocycles. The van der Waals surface area contributed by atoms with E-state index in [9.17, 15) is 4.79 Å². The highest BCUT2D eigenvalue weighted by atomic mass is 16.5. The number of hydrogen-bond acceptors (Lipinski definition) is 2. The monoisotopic (exact) mass is 232 g/mol. The highest BCUT2D eigenvalue weighted by molar-refractivity contribution is 5.89. The molecule has 0 aromatic heterocycles. The minimum atomic E-state index is -0.173. The van der Waals surface area contributed by atoms with Crippen LogP contribution < -0.4 is 0 Å². The summed E-state index contributed by atoms with van der Waals surface area (Å²) in [6.07, 6.45) is 3.39. The number of carbonyl (C=O) groups is 1. The van der Waals surface area contributed by atoms with Crippen LogP contribution in [0, 0.1) is 6.92 Å². The first-order valence-corrected chi connectivity index (χ1v) is 6.39. The molecule has 2 nitrogen and oxygen atoms in total. The first-order chi connectivity index (χ1) is 8.08. The fourth-order valence-electron chi connectivity index (χ4n) is 2.16. The second-order valence-electron chi connectivity index (χ2n) is 5.18. The van der Waals surface area contributed by atoms with Crippen LogP contribution in [-0.2, 0) is 4.74 Å². The summed E-state index contributed by atoms with van der Waals surface area (Å²) in [5.41, 5.74) is 3.15. The Morgan fingerprint density at radius 1 is 1.35 bits per heavy atom. The van der Waals surface area contributed by atoms with Gasteiger partial charge in [-0.25, -0.2) is 4.79 Å². The summed E-state index contributed by atoms with van der Waals surface area (Å²) in [5, 5.41) is 0. The molecule has 0 bridgehead atoms. The topological polar surface area (TPSA) is 26.3 Å². The zero-order chi connectivity index (χ0) is 12.4. The van der Waals surface area contributed by atoms with Crippen LogP contribution in [0.1, 0.15) is 60.5 Å². The molecular formula is C15H20O2. The van der Waals surface area contributed by atoms with E-state index >= 15 is 0 Å². The van der Waals surface area contributed by atoms with Gasteiger partial charge in [0.05, 0.1) is 5.56 Å². The van der Waals surface area contributed by atoms with E-state index in [0.717, 1.165) is 12.8 Å². The smallest absolute Gasteiger partial charge is 0.338 e. The van der Waals surface area contributed by atoms with Gasteiger partial charge in [-0.1, -0.05) is 19.9 Å². The van der Waals surface area contributed by atoms with Crippen molar-refractivity contribution in [3.63, 3.8) is 0 Å². The van der Waals surface area contributed by atoms with Crippen molar-refractivity contribution in [2.45, 2.75) is 52.1 Å². The van der Waals surface area contributed by atoms with E-state index in [1.54, 1.807) is 0 Å². The fourth-order valence-corrected chi connectivity index (χ4v) is 2.16. The van der Waals surface area contributed by atoms with E-state index < -0.39 is 0 Å². The largest absolute Gasteiger partial charge is 0.459 e. The highest BCUT2D eigenvalue weighted by Gasteiger charge is 2.22. The summed E-state index contributed by atoms with van der Waals surface area (Å²) in [6, 6.07) is 5.86. The summed E-state index contributed by atoms with van der Waals surface area (Å²) in [6.45, 7) is 6.37. The van der Waals surface area contributed by atoms with Crippen molar-refractivity contribution in [2.75, 3.05) is 0 Å². The van der Waals surface area contributed by atoms with E-state index in [2.05, 4.69) is 20.8 Å². The van der Waals surface area contributed by atoms with Gasteiger partial charge in [0, 0.05) is 0 Å². The molecular weight excluding hydrogens is 212 g/mol. The van der Waals surface area contributed by atoms with Gasteiger partial charge < -0.3 is 4.74 Å². The molecule has 0 radical (unpaired) electrons. The van der Waals surface area contributed by atoms with Crippen molar-refractivity contribution in [3.8, 4) is 0 Å². The quantitative estimate of drug-likeness (QED) is 0.740. The molecule has 0 amide bonds. The van der Waals surface area contributed by atoms with Crippen LogP contribution in [0.3, 0.4) is 0 Å². The van der Waals surface area contributed by atoms with Crippen molar-refractivity contribution in [2.24, 2.45) is 0 Å². The molecule has 1 fully saturated rings. The summed E-state index contributed by atoms with van der Waals surface area (Å²) in [4.78, 5) is 11.9. The Balaban J connectivity index is 2.10. The zero-order valence-corrected chi connectivity index (χ0v) is 10.8.